The van der Waals surface area contributed by atoms with Crippen LogP contribution in [-0.4, -0.2) is 60.2 Å². The standard InChI is InChI=1S/C23H24FN5O6/c1-9-8-29-16-12(6-23(18(29)10(2)34-9)20(31)26-22(33)27-21(23)32)5-13-15(28-35-17(13)14(16)24)19(30)25-7-11-3-4-11/h5,9-11,18H,3-4,6-8H2,1-2H3,(H,25,30)(H2,26,27,31,32,33). The number of ether oxygens (including phenoxy) is 1. The SMILES string of the molecule is CC1CN2c3c(cc4c(C(=O)NCC5CC5)noc4c3F)CC3(C(=O)NC(=O)NC3=O)C2C(C)O1. The van der Waals surface area contributed by atoms with E-state index < -0.39 is 47.1 Å². The molecule has 184 valence electrons. The van der Waals surface area contributed by atoms with Gasteiger partial charge in [0.05, 0.1) is 29.3 Å². The van der Waals surface area contributed by atoms with Gasteiger partial charge in [0.25, 0.3) is 5.91 Å². The van der Waals surface area contributed by atoms with Crippen LogP contribution in [0.1, 0.15) is 42.7 Å². The maximum atomic E-state index is 16.0. The van der Waals surface area contributed by atoms with E-state index in [0.717, 1.165) is 12.8 Å². The number of hydrogen-bond donors (Lipinski definition) is 3. The molecule has 1 aliphatic carbocycles. The average Bonchev–Trinajstić information content (AvgIpc) is 3.52. The number of aromatic nitrogens is 1. The molecule has 3 unspecified atom stereocenters. The molecular weight excluding hydrogens is 461 g/mol. The fourth-order valence-electron chi connectivity index (χ4n) is 5.76. The van der Waals surface area contributed by atoms with Gasteiger partial charge in [-0.25, -0.2) is 9.18 Å². The molecule has 1 aromatic carbocycles. The van der Waals surface area contributed by atoms with Gasteiger partial charge >= 0.3 is 6.03 Å². The van der Waals surface area contributed by atoms with Crippen LogP contribution in [0, 0.1) is 17.2 Å². The van der Waals surface area contributed by atoms with Gasteiger partial charge in [0.15, 0.2) is 16.9 Å². The van der Waals surface area contributed by atoms with Crippen LogP contribution in [0.5, 0.6) is 0 Å². The molecule has 1 spiro atoms. The highest BCUT2D eigenvalue weighted by molar-refractivity contribution is 6.20. The zero-order chi connectivity index (χ0) is 24.6. The number of carbonyl (C=O) groups excluding carboxylic acids is 4. The van der Waals surface area contributed by atoms with Crippen molar-refractivity contribution in [1.82, 2.24) is 21.1 Å². The number of benzene rings is 1. The monoisotopic (exact) mass is 485 g/mol. The number of rotatable bonds is 3. The minimum Gasteiger partial charge on any atom is -0.372 e. The number of nitrogens with one attached hydrogen (secondary N) is 3. The summed E-state index contributed by atoms with van der Waals surface area (Å²) in [6, 6.07) is -0.234. The van der Waals surface area contributed by atoms with E-state index in [2.05, 4.69) is 21.1 Å². The highest BCUT2D eigenvalue weighted by Crippen LogP contribution is 2.49. The Morgan fingerprint density at radius 1 is 1.26 bits per heavy atom. The first kappa shape index (κ1) is 22.0. The minimum atomic E-state index is -1.74. The second-order valence-corrected chi connectivity index (χ2v) is 9.89. The summed E-state index contributed by atoms with van der Waals surface area (Å²) in [7, 11) is 0. The van der Waals surface area contributed by atoms with E-state index in [1.165, 1.54) is 0 Å². The number of amides is 5. The Bertz CT molecular complexity index is 1280. The number of fused-ring (bicyclic) bond motifs is 5. The number of hydrogen-bond acceptors (Lipinski definition) is 8. The summed E-state index contributed by atoms with van der Waals surface area (Å²) in [4.78, 5) is 52.7. The van der Waals surface area contributed by atoms with Crippen molar-refractivity contribution in [2.45, 2.75) is 51.4 Å². The maximum Gasteiger partial charge on any atom is 0.328 e. The molecular formula is C23H24FN5O6. The van der Waals surface area contributed by atoms with Gasteiger partial charge in [0, 0.05) is 19.5 Å². The molecule has 1 saturated carbocycles. The Kier molecular flexibility index (Phi) is 4.69. The van der Waals surface area contributed by atoms with Crippen LogP contribution in [0.2, 0.25) is 0 Å². The molecule has 12 heteroatoms. The molecule has 11 nitrogen and oxygen atoms in total. The van der Waals surface area contributed by atoms with E-state index in [0.29, 0.717) is 18.0 Å². The van der Waals surface area contributed by atoms with Crippen molar-refractivity contribution >= 4 is 40.4 Å². The van der Waals surface area contributed by atoms with Crippen LogP contribution < -0.4 is 20.9 Å². The van der Waals surface area contributed by atoms with Gasteiger partial charge in [-0.2, -0.15) is 0 Å². The second-order valence-electron chi connectivity index (χ2n) is 9.89. The van der Waals surface area contributed by atoms with Crippen molar-refractivity contribution < 1.29 is 32.8 Å². The molecule has 1 aromatic heterocycles. The molecule has 5 amide bonds. The fraction of sp³-hybridized carbons (Fsp3) is 0.522. The predicted molar refractivity (Wildman–Crippen MR) is 118 cm³/mol. The van der Waals surface area contributed by atoms with Crippen molar-refractivity contribution in [3.05, 3.63) is 23.1 Å². The molecule has 3 atom stereocenters. The topological polar surface area (TPSA) is 143 Å². The Hall–Kier alpha value is -3.54. The predicted octanol–water partition coefficient (Wildman–Crippen LogP) is 0.997. The van der Waals surface area contributed by atoms with Gasteiger partial charge < -0.3 is 19.5 Å². The normalized spacial score (nSPS) is 27.3. The Morgan fingerprint density at radius 2 is 1.97 bits per heavy atom. The third-order valence-electron chi connectivity index (χ3n) is 7.43. The van der Waals surface area contributed by atoms with Crippen molar-refractivity contribution in [2.24, 2.45) is 11.3 Å². The smallest absolute Gasteiger partial charge is 0.328 e. The van der Waals surface area contributed by atoms with Crippen molar-refractivity contribution in [1.29, 1.82) is 0 Å². The van der Waals surface area contributed by atoms with Gasteiger partial charge in [-0.05, 0) is 44.2 Å². The molecule has 0 radical (unpaired) electrons. The zero-order valence-electron chi connectivity index (χ0n) is 19.1. The van der Waals surface area contributed by atoms with E-state index in [4.69, 9.17) is 9.26 Å². The van der Waals surface area contributed by atoms with Gasteiger partial charge in [-0.3, -0.25) is 25.0 Å². The molecule has 2 aromatic rings. The van der Waals surface area contributed by atoms with Crippen molar-refractivity contribution in [3.8, 4) is 0 Å². The molecule has 3 fully saturated rings. The van der Waals surface area contributed by atoms with Gasteiger partial charge in [0.2, 0.25) is 17.4 Å². The van der Waals surface area contributed by atoms with Crippen molar-refractivity contribution in [3.63, 3.8) is 0 Å². The van der Waals surface area contributed by atoms with E-state index >= 15 is 4.39 Å². The number of halogens is 1. The number of nitrogens with zero attached hydrogens (tertiary/aromatic N) is 2. The lowest BCUT2D eigenvalue weighted by atomic mass is 9.66. The number of carbonyl (C=O) groups is 4. The molecule has 3 aliphatic heterocycles. The summed E-state index contributed by atoms with van der Waals surface area (Å²) in [6.07, 6.45) is 0.944. The quantitative estimate of drug-likeness (QED) is 0.547. The Labute approximate surface area is 198 Å². The number of imide groups is 2. The summed E-state index contributed by atoms with van der Waals surface area (Å²) in [5, 5.41) is 11.2. The van der Waals surface area contributed by atoms with Crippen LogP contribution in [0.25, 0.3) is 11.0 Å². The number of barbiturate groups is 1. The van der Waals surface area contributed by atoms with E-state index in [9.17, 15) is 19.2 Å². The number of urea groups is 1. The van der Waals surface area contributed by atoms with Crippen LogP contribution in [-0.2, 0) is 20.7 Å². The van der Waals surface area contributed by atoms with Crippen molar-refractivity contribution in [2.75, 3.05) is 18.0 Å². The van der Waals surface area contributed by atoms with Gasteiger partial charge in [-0.15, -0.1) is 0 Å². The number of anilines is 1. The summed E-state index contributed by atoms with van der Waals surface area (Å²) in [5.41, 5.74) is -1.46. The molecule has 0 bridgehead atoms. The lowest BCUT2D eigenvalue weighted by Gasteiger charge is -2.55. The first-order valence-electron chi connectivity index (χ1n) is 11.7. The average molecular weight is 485 g/mol. The van der Waals surface area contributed by atoms with Crippen LogP contribution in [0.3, 0.4) is 0 Å². The first-order chi connectivity index (χ1) is 16.7. The summed E-state index contributed by atoms with van der Waals surface area (Å²) in [5.74, 6) is -2.31. The summed E-state index contributed by atoms with van der Waals surface area (Å²) >= 11 is 0. The van der Waals surface area contributed by atoms with E-state index in [1.54, 1.807) is 17.9 Å². The highest BCUT2D eigenvalue weighted by Gasteiger charge is 2.63. The van der Waals surface area contributed by atoms with Gasteiger partial charge in [-0.1, -0.05) is 5.16 Å². The molecule has 3 N–H and O–H groups in total. The third-order valence-corrected chi connectivity index (χ3v) is 7.43. The maximum absolute atomic E-state index is 16.0. The van der Waals surface area contributed by atoms with E-state index in [1.807, 2.05) is 6.92 Å². The molecule has 6 rings (SSSR count). The third kappa shape index (κ3) is 3.15. The second kappa shape index (κ2) is 7.48. The first-order valence-corrected chi connectivity index (χ1v) is 11.7. The fourth-order valence-corrected chi connectivity index (χ4v) is 5.76. The summed E-state index contributed by atoms with van der Waals surface area (Å²) in [6.45, 7) is 4.22. The molecule has 4 heterocycles. The summed E-state index contributed by atoms with van der Waals surface area (Å²) < 4.78 is 27.2. The Morgan fingerprint density at radius 3 is 2.66 bits per heavy atom. The Balaban J connectivity index is 1.51. The molecule has 35 heavy (non-hydrogen) atoms. The zero-order valence-corrected chi connectivity index (χ0v) is 19.1. The number of morpholine rings is 1. The minimum absolute atomic E-state index is 0.0602. The van der Waals surface area contributed by atoms with E-state index in [-0.39, 0.29) is 41.4 Å². The van der Waals surface area contributed by atoms with Crippen LogP contribution in [0.15, 0.2) is 10.6 Å². The lowest BCUT2D eigenvalue weighted by Crippen LogP contribution is -2.75. The van der Waals surface area contributed by atoms with Crippen LogP contribution >= 0.6 is 0 Å². The van der Waals surface area contributed by atoms with Gasteiger partial charge in [0.1, 0.15) is 0 Å². The highest BCUT2D eigenvalue weighted by atomic mass is 19.1. The lowest BCUT2D eigenvalue weighted by molar-refractivity contribution is -0.153. The molecule has 2 saturated heterocycles. The largest absolute Gasteiger partial charge is 0.372 e. The molecule has 4 aliphatic rings. The van der Waals surface area contributed by atoms with Crippen LogP contribution in [0.4, 0.5) is 14.9 Å².